The number of aromatic nitrogens is 1. The lowest BCUT2D eigenvalue weighted by molar-refractivity contribution is 0.169. The van der Waals surface area contributed by atoms with Crippen molar-refractivity contribution in [3.63, 3.8) is 0 Å². The number of nitrogens with one attached hydrogen (secondary N) is 1. The largest absolute Gasteiger partial charge is 0.494 e. The highest BCUT2D eigenvalue weighted by atomic mass is 16.5. The number of ether oxygens (including phenoxy) is 1. The summed E-state index contributed by atoms with van der Waals surface area (Å²) in [6.07, 6.45) is 5.06. The number of hydrogen-bond donors (Lipinski definition) is 2. The minimum atomic E-state index is 0.166. The van der Waals surface area contributed by atoms with Gasteiger partial charge in [-0.25, -0.2) is 0 Å². The minimum absolute atomic E-state index is 0.166. The molecule has 3 aliphatic rings. The molecule has 2 saturated heterocycles. The number of anilines is 1. The summed E-state index contributed by atoms with van der Waals surface area (Å²) in [6.45, 7) is 5.96. The molecule has 4 heterocycles. The fourth-order valence-corrected chi connectivity index (χ4v) is 5.57. The van der Waals surface area contributed by atoms with Gasteiger partial charge in [0.05, 0.1) is 36.6 Å². The van der Waals surface area contributed by atoms with Gasteiger partial charge in [0.15, 0.2) is 0 Å². The summed E-state index contributed by atoms with van der Waals surface area (Å²) in [6, 6.07) is 8.59. The van der Waals surface area contributed by atoms with E-state index in [0.29, 0.717) is 43.8 Å². The van der Waals surface area contributed by atoms with Crippen LogP contribution in [0.1, 0.15) is 51.1 Å². The standard InChI is InChI=1S/C23H32N4O2/c1-14(2)27-21-7-4-15(25-16-10-17-5-6-18(11-16)26(17)3)12-19(21)22(23(27)28)20-13-29-9-8-24-20/h4,7,12,14,16-18,25,28H,5-6,8-11,13H2,1-3H3/t16?,17-,18?/m1/s1. The van der Waals surface area contributed by atoms with Crippen LogP contribution in [0.25, 0.3) is 10.9 Å². The first-order valence-electron chi connectivity index (χ1n) is 11.0. The molecular formula is C23H32N4O2. The SMILES string of the molecule is CC(C)n1c(O)c(C2=NCCOC2)c2cc(NC3CC4CC[C@H](C3)N4C)ccc21. The Labute approximate surface area is 172 Å². The van der Waals surface area contributed by atoms with Crippen LogP contribution in [0.5, 0.6) is 5.88 Å². The predicted molar refractivity (Wildman–Crippen MR) is 117 cm³/mol. The monoisotopic (exact) mass is 396 g/mol. The highest BCUT2D eigenvalue weighted by Crippen LogP contribution is 2.38. The van der Waals surface area contributed by atoms with Gasteiger partial charge in [0.2, 0.25) is 5.88 Å². The van der Waals surface area contributed by atoms with Gasteiger partial charge in [-0.05, 0) is 64.8 Å². The van der Waals surface area contributed by atoms with Gasteiger partial charge in [0, 0.05) is 35.2 Å². The van der Waals surface area contributed by atoms with Crippen molar-refractivity contribution in [3.8, 4) is 5.88 Å². The third-order valence-electron chi connectivity index (χ3n) is 7.03. The van der Waals surface area contributed by atoms with Crippen molar-refractivity contribution in [1.29, 1.82) is 0 Å². The second-order valence-electron chi connectivity index (χ2n) is 9.14. The minimum Gasteiger partial charge on any atom is -0.494 e. The molecule has 3 atom stereocenters. The van der Waals surface area contributed by atoms with E-state index in [1.54, 1.807) is 0 Å². The number of nitrogens with zero attached hydrogens (tertiary/aromatic N) is 3. The van der Waals surface area contributed by atoms with Crippen molar-refractivity contribution in [2.75, 3.05) is 32.1 Å². The Balaban J connectivity index is 1.51. The number of piperidine rings is 1. The fourth-order valence-electron chi connectivity index (χ4n) is 5.57. The van der Waals surface area contributed by atoms with Gasteiger partial charge >= 0.3 is 0 Å². The molecule has 6 heteroatoms. The quantitative estimate of drug-likeness (QED) is 0.826. The maximum absolute atomic E-state index is 11.1. The van der Waals surface area contributed by atoms with Crippen LogP contribution in [-0.2, 0) is 4.74 Å². The van der Waals surface area contributed by atoms with Crippen LogP contribution in [0.15, 0.2) is 23.2 Å². The molecule has 5 rings (SSSR count). The highest BCUT2D eigenvalue weighted by molar-refractivity contribution is 6.14. The zero-order valence-corrected chi connectivity index (χ0v) is 17.7. The molecule has 2 N–H and O–H groups in total. The van der Waals surface area contributed by atoms with Crippen LogP contribution in [0.2, 0.25) is 0 Å². The molecule has 2 unspecified atom stereocenters. The Bertz CT molecular complexity index is 934. The molecular weight excluding hydrogens is 364 g/mol. The topological polar surface area (TPSA) is 62.0 Å². The molecule has 2 bridgehead atoms. The van der Waals surface area contributed by atoms with Crippen molar-refractivity contribution in [2.45, 2.75) is 63.7 Å². The van der Waals surface area contributed by atoms with Gasteiger partial charge in [-0.3, -0.25) is 4.99 Å². The first kappa shape index (κ1) is 18.9. The van der Waals surface area contributed by atoms with E-state index in [2.05, 4.69) is 54.3 Å². The molecule has 0 radical (unpaired) electrons. The second kappa shape index (κ2) is 7.33. The van der Waals surface area contributed by atoms with Gasteiger partial charge in [-0.15, -0.1) is 0 Å². The lowest BCUT2D eigenvalue weighted by Gasteiger charge is -2.37. The third kappa shape index (κ3) is 3.22. The van der Waals surface area contributed by atoms with Gasteiger partial charge in [0.25, 0.3) is 0 Å². The molecule has 0 amide bonds. The van der Waals surface area contributed by atoms with E-state index < -0.39 is 0 Å². The Kier molecular flexibility index (Phi) is 4.79. The summed E-state index contributed by atoms with van der Waals surface area (Å²) in [5.74, 6) is 0.300. The first-order chi connectivity index (χ1) is 14.0. The molecule has 2 aromatic rings. The Morgan fingerprint density at radius 2 is 1.97 bits per heavy atom. The zero-order chi connectivity index (χ0) is 20.1. The van der Waals surface area contributed by atoms with Crippen LogP contribution < -0.4 is 5.32 Å². The third-order valence-corrected chi connectivity index (χ3v) is 7.03. The summed E-state index contributed by atoms with van der Waals surface area (Å²) in [7, 11) is 2.28. The number of aromatic hydroxyl groups is 1. The van der Waals surface area contributed by atoms with E-state index in [1.807, 2.05) is 4.57 Å². The molecule has 2 fully saturated rings. The predicted octanol–water partition coefficient (Wildman–Crippen LogP) is 3.78. The molecule has 29 heavy (non-hydrogen) atoms. The lowest BCUT2D eigenvalue weighted by atomic mass is 9.97. The maximum atomic E-state index is 11.1. The number of rotatable bonds is 4. The van der Waals surface area contributed by atoms with Crippen molar-refractivity contribution < 1.29 is 9.84 Å². The smallest absolute Gasteiger partial charge is 0.201 e. The molecule has 1 aromatic heterocycles. The first-order valence-corrected chi connectivity index (χ1v) is 11.0. The second-order valence-corrected chi connectivity index (χ2v) is 9.14. The molecule has 0 aliphatic carbocycles. The van der Waals surface area contributed by atoms with Crippen molar-refractivity contribution in [3.05, 3.63) is 23.8 Å². The maximum Gasteiger partial charge on any atom is 0.201 e. The van der Waals surface area contributed by atoms with Crippen LogP contribution >= 0.6 is 0 Å². The summed E-state index contributed by atoms with van der Waals surface area (Å²) < 4.78 is 7.63. The Morgan fingerprint density at radius 1 is 1.21 bits per heavy atom. The zero-order valence-electron chi connectivity index (χ0n) is 17.7. The van der Waals surface area contributed by atoms with Crippen LogP contribution in [-0.4, -0.2) is 65.2 Å². The molecule has 1 aromatic carbocycles. The molecule has 156 valence electrons. The fraction of sp³-hybridized carbons (Fsp3) is 0.609. The number of hydrogen-bond acceptors (Lipinski definition) is 5. The van der Waals surface area contributed by atoms with Crippen LogP contribution in [0.4, 0.5) is 5.69 Å². The normalized spacial score (nSPS) is 27.6. The Hall–Kier alpha value is -2.05. The lowest BCUT2D eigenvalue weighted by Crippen LogP contribution is -2.44. The van der Waals surface area contributed by atoms with E-state index in [9.17, 15) is 5.11 Å². The molecule has 0 saturated carbocycles. The van der Waals surface area contributed by atoms with E-state index in [1.165, 1.54) is 25.7 Å². The average molecular weight is 397 g/mol. The summed E-state index contributed by atoms with van der Waals surface area (Å²) in [4.78, 5) is 7.23. The molecule has 6 nitrogen and oxygen atoms in total. The van der Waals surface area contributed by atoms with Gasteiger partial charge in [0.1, 0.15) is 0 Å². The van der Waals surface area contributed by atoms with Crippen molar-refractivity contribution >= 4 is 22.3 Å². The van der Waals surface area contributed by atoms with E-state index in [4.69, 9.17) is 4.74 Å². The highest BCUT2D eigenvalue weighted by Gasteiger charge is 2.38. The number of aliphatic imine (C=N–C) groups is 1. The Morgan fingerprint density at radius 3 is 2.62 bits per heavy atom. The van der Waals surface area contributed by atoms with Gasteiger partial charge in [-0.1, -0.05) is 0 Å². The van der Waals surface area contributed by atoms with Crippen LogP contribution in [0, 0.1) is 0 Å². The average Bonchev–Trinajstić information content (AvgIpc) is 3.09. The van der Waals surface area contributed by atoms with Crippen molar-refractivity contribution in [2.24, 2.45) is 4.99 Å². The molecule has 3 aliphatic heterocycles. The van der Waals surface area contributed by atoms with E-state index in [0.717, 1.165) is 27.9 Å². The van der Waals surface area contributed by atoms with Crippen molar-refractivity contribution in [1.82, 2.24) is 9.47 Å². The van der Waals surface area contributed by atoms with Gasteiger partial charge in [-0.2, -0.15) is 0 Å². The van der Waals surface area contributed by atoms with Gasteiger partial charge < -0.3 is 24.6 Å². The van der Waals surface area contributed by atoms with E-state index in [-0.39, 0.29) is 6.04 Å². The van der Waals surface area contributed by atoms with Crippen LogP contribution in [0.3, 0.4) is 0 Å². The van der Waals surface area contributed by atoms with E-state index >= 15 is 0 Å². The summed E-state index contributed by atoms with van der Waals surface area (Å²) >= 11 is 0. The number of fused-ring (bicyclic) bond motifs is 3. The summed E-state index contributed by atoms with van der Waals surface area (Å²) in [5.41, 5.74) is 3.87. The summed E-state index contributed by atoms with van der Waals surface area (Å²) in [5, 5.41) is 15.9. The molecule has 0 spiro atoms. The number of benzene rings is 1.